The number of thiazole rings is 1. The standard InChI is InChI=1S/C21H18N2O5S/c1-13(28-20(25)15-7-8-17-18(11-15)27-10-9-26-17)19(24)23-21-22-16(12-29-21)14-5-3-2-4-6-14/h2-8,11-13H,9-10H2,1H3,(H,22,23,24). The SMILES string of the molecule is CC(OC(=O)c1ccc2c(c1)OCCO2)C(=O)Nc1nc(-c2ccccc2)cs1. The average Bonchev–Trinajstić information content (AvgIpc) is 3.22. The minimum atomic E-state index is -0.986. The van der Waals surface area contributed by atoms with Crippen LogP contribution in [-0.2, 0) is 9.53 Å². The summed E-state index contributed by atoms with van der Waals surface area (Å²) in [6.45, 7) is 2.40. The lowest BCUT2D eigenvalue weighted by molar-refractivity contribution is -0.123. The largest absolute Gasteiger partial charge is 0.486 e. The molecule has 7 nitrogen and oxygen atoms in total. The fourth-order valence-corrected chi connectivity index (χ4v) is 3.45. The minimum Gasteiger partial charge on any atom is -0.486 e. The Morgan fingerprint density at radius 3 is 2.66 bits per heavy atom. The Labute approximate surface area is 171 Å². The molecule has 8 heteroatoms. The Hall–Kier alpha value is -3.39. The number of esters is 1. The first kappa shape index (κ1) is 18.9. The van der Waals surface area contributed by atoms with E-state index in [0.717, 1.165) is 11.3 Å². The normalized spacial score (nSPS) is 13.4. The maximum absolute atomic E-state index is 12.4. The van der Waals surface area contributed by atoms with E-state index in [1.165, 1.54) is 18.3 Å². The molecule has 0 saturated carbocycles. The lowest BCUT2D eigenvalue weighted by Crippen LogP contribution is -2.30. The van der Waals surface area contributed by atoms with Gasteiger partial charge in [0, 0.05) is 10.9 Å². The molecule has 1 amide bonds. The topological polar surface area (TPSA) is 86.8 Å². The van der Waals surface area contributed by atoms with Crippen LogP contribution in [0.4, 0.5) is 5.13 Å². The van der Waals surface area contributed by atoms with E-state index in [-0.39, 0.29) is 5.56 Å². The molecule has 1 aliphatic rings. The smallest absolute Gasteiger partial charge is 0.339 e. The van der Waals surface area contributed by atoms with Gasteiger partial charge >= 0.3 is 5.97 Å². The van der Waals surface area contributed by atoms with Gasteiger partial charge in [0.1, 0.15) is 13.2 Å². The van der Waals surface area contributed by atoms with Crippen LogP contribution in [0, 0.1) is 0 Å². The number of nitrogens with zero attached hydrogens (tertiary/aromatic N) is 1. The molecule has 1 aliphatic heterocycles. The molecule has 3 aromatic rings. The Morgan fingerprint density at radius 1 is 1.10 bits per heavy atom. The van der Waals surface area contributed by atoms with Crippen LogP contribution in [0.1, 0.15) is 17.3 Å². The van der Waals surface area contributed by atoms with Crippen molar-refractivity contribution in [2.75, 3.05) is 18.5 Å². The summed E-state index contributed by atoms with van der Waals surface area (Å²) in [7, 11) is 0. The van der Waals surface area contributed by atoms with Gasteiger partial charge in [-0.25, -0.2) is 9.78 Å². The molecule has 1 atom stereocenters. The third kappa shape index (κ3) is 4.38. The number of fused-ring (bicyclic) bond motifs is 1. The molecule has 2 heterocycles. The number of nitrogens with one attached hydrogen (secondary N) is 1. The second-order valence-electron chi connectivity index (χ2n) is 6.30. The van der Waals surface area contributed by atoms with Crippen molar-refractivity contribution in [2.24, 2.45) is 0 Å². The number of rotatable bonds is 5. The van der Waals surface area contributed by atoms with Gasteiger partial charge in [-0.2, -0.15) is 0 Å². The van der Waals surface area contributed by atoms with E-state index in [4.69, 9.17) is 14.2 Å². The predicted molar refractivity (Wildman–Crippen MR) is 108 cm³/mol. The number of benzene rings is 2. The van der Waals surface area contributed by atoms with Gasteiger partial charge in [-0.15, -0.1) is 11.3 Å². The Balaban J connectivity index is 1.37. The van der Waals surface area contributed by atoms with E-state index >= 15 is 0 Å². The molecular weight excluding hydrogens is 392 g/mol. The molecule has 4 rings (SSSR count). The molecule has 1 aromatic heterocycles. The minimum absolute atomic E-state index is 0.287. The van der Waals surface area contributed by atoms with E-state index in [0.29, 0.717) is 29.8 Å². The summed E-state index contributed by atoms with van der Waals surface area (Å²) in [6, 6.07) is 14.4. The number of hydrogen-bond acceptors (Lipinski definition) is 7. The maximum atomic E-state index is 12.4. The van der Waals surface area contributed by atoms with Gasteiger partial charge in [-0.1, -0.05) is 30.3 Å². The van der Waals surface area contributed by atoms with Gasteiger partial charge in [0.15, 0.2) is 22.7 Å². The third-order valence-corrected chi connectivity index (χ3v) is 4.99. The van der Waals surface area contributed by atoms with E-state index in [2.05, 4.69) is 10.3 Å². The number of aromatic nitrogens is 1. The van der Waals surface area contributed by atoms with Crippen molar-refractivity contribution >= 4 is 28.3 Å². The van der Waals surface area contributed by atoms with Crippen molar-refractivity contribution in [2.45, 2.75) is 13.0 Å². The molecule has 1 N–H and O–H groups in total. The second kappa shape index (κ2) is 8.32. The predicted octanol–water partition coefficient (Wildman–Crippen LogP) is 3.77. The summed E-state index contributed by atoms with van der Waals surface area (Å²) in [6.07, 6.45) is -0.986. The van der Waals surface area contributed by atoms with Gasteiger partial charge in [-0.3, -0.25) is 10.1 Å². The van der Waals surface area contributed by atoms with Crippen LogP contribution in [0.15, 0.2) is 53.9 Å². The fraction of sp³-hybridized carbons (Fsp3) is 0.190. The summed E-state index contributed by atoms with van der Waals surface area (Å²) in [5, 5.41) is 4.98. The molecule has 148 valence electrons. The van der Waals surface area contributed by atoms with Crippen LogP contribution < -0.4 is 14.8 Å². The molecule has 0 fully saturated rings. The van der Waals surface area contributed by atoms with Crippen LogP contribution >= 0.6 is 11.3 Å². The zero-order valence-electron chi connectivity index (χ0n) is 15.6. The van der Waals surface area contributed by atoms with Gasteiger partial charge in [0.25, 0.3) is 5.91 Å². The van der Waals surface area contributed by atoms with Crippen molar-refractivity contribution in [1.29, 1.82) is 0 Å². The van der Waals surface area contributed by atoms with Gasteiger partial charge < -0.3 is 14.2 Å². The summed E-state index contributed by atoms with van der Waals surface area (Å²) in [4.78, 5) is 29.2. The third-order valence-electron chi connectivity index (χ3n) is 4.23. The van der Waals surface area contributed by atoms with E-state index in [1.54, 1.807) is 18.2 Å². The maximum Gasteiger partial charge on any atom is 0.339 e. The van der Waals surface area contributed by atoms with Crippen molar-refractivity contribution in [3.8, 4) is 22.8 Å². The van der Waals surface area contributed by atoms with Gasteiger partial charge in [0.05, 0.1) is 11.3 Å². The van der Waals surface area contributed by atoms with Crippen molar-refractivity contribution in [3.63, 3.8) is 0 Å². The summed E-state index contributed by atoms with van der Waals surface area (Å²) in [5.74, 6) is -0.00537. The average molecular weight is 410 g/mol. The number of anilines is 1. The molecule has 0 bridgehead atoms. The lowest BCUT2D eigenvalue weighted by atomic mass is 10.2. The highest BCUT2D eigenvalue weighted by atomic mass is 32.1. The van der Waals surface area contributed by atoms with Crippen molar-refractivity contribution in [1.82, 2.24) is 4.98 Å². The number of carbonyl (C=O) groups is 2. The van der Waals surface area contributed by atoms with Crippen LogP contribution in [0.3, 0.4) is 0 Å². The molecule has 0 spiro atoms. The van der Waals surface area contributed by atoms with Crippen molar-refractivity contribution in [3.05, 3.63) is 59.5 Å². The first-order valence-corrected chi connectivity index (χ1v) is 9.90. The molecule has 1 unspecified atom stereocenters. The van der Waals surface area contributed by atoms with E-state index in [1.807, 2.05) is 35.7 Å². The zero-order valence-corrected chi connectivity index (χ0v) is 16.4. The zero-order chi connectivity index (χ0) is 20.2. The van der Waals surface area contributed by atoms with Gasteiger partial charge in [-0.05, 0) is 25.1 Å². The Kier molecular flexibility index (Phi) is 5.44. The van der Waals surface area contributed by atoms with Gasteiger partial charge in [0.2, 0.25) is 0 Å². The number of carbonyl (C=O) groups excluding carboxylic acids is 2. The molecule has 0 saturated heterocycles. The summed E-state index contributed by atoms with van der Waals surface area (Å²) in [5.41, 5.74) is 2.02. The summed E-state index contributed by atoms with van der Waals surface area (Å²) >= 11 is 1.31. The molecule has 29 heavy (non-hydrogen) atoms. The molecule has 0 aliphatic carbocycles. The highest BCUT2D eigenvalue weighted by Gasteiger charge is 2.22. The second-order valence-corrected chi connectivity index (χ2v) is 7.16. The fourth-order valence-electron chi connectivity index (χ4n) is 2.73. The van der Waals surface area contributed by atoms with Crippen LogP contribution in [0.5, 0.6) is 11.5 Å². The van der Waals surface area contributed by atoms with Crippen LogP contribution in [0.25, 0.3) is 11.3 Å². The Morgan fingerprint density at radius 2 is 1.86 bits per heavy atom. The summed E-state index contributed by atoms with van der Waals surface area (Å²) < 4.78 is 16.2. The quantitative estimate of drug-likeness (QED) is 0.645. The number of amides is 1. The van der Waals surface area contributed by atoms with E-state index in [9.17, 15) is 9.59 Å². The molecule has 0 radical (unpaired) electrons. The first-order chi connectivity index (χ1) is 14.1. The van der Waals surface area contributed by atoms with E-state index < -0.39 is 18.0 Å². The van der Waals surface area contributed by atoms with Crippen molar-refractivity contribution < 1.29 is 23.8 Å². The van der Waals surface area contributed by atoms with Crippen LogP contribution in [-0.4, -0.2) is 36.2 Å². The number of ether oxygens (including phenoxy) is 3. The number of hydrogen-bond donors (Lipinski definition) is 1. The molecular formula is C21H18N2O5S. The van der Waals surface area contributed by atoms with Crippen LogP contribution in [0.2, 0.25) is 0 Å². The molecule has 2 aromatic carbocycles. The lowest BCUT2D eigenvalue weighted by Gasteiger charge is -2.19. The highest BCUT2D eigenvalue weighted by Crippen LogP contribution is 2.31. The highest BCUT2D eigenvalue weighted by molar-refractivity contribution is 7.14. The monoisotopic (exact) mass is 410 g/mol. The first-order valence-electron chi connectivity index (χ1n) is 9.02. The Bertz CT molecular complexity index is 1030.